The number of nitrogens with zero attached hydrogens (tertiary/aromatic N) is 2. The number of aryl methyl sites for hydroxylation is 1. The first-order valence-electron chi connectivity index (χ1n) is 6.72. The van der Waals surface area contributed by atoms with E-state index in [1.807, 2.05) is 25.1 Å². The molecule has 1 amide bonds. The van der Waals surface area contributed by atoms with Gasteiger partial charge in [0.15, 0.2) is 16.6 Å². The SMILES string of the molecule is COc1ccc(C2SCC(=O)N2c2ncc(C)s2)cc1OC. The quantitative estimate of drug-likeness (QED) is 0.858. The summed E-state index contributed by atoms with van der Waals surface area (Å²) in [6.07, 6.45) is 1.79. The largest absolute Gasteiger partial charge is 0.493 e. The van der Waals surface area contributed by atoms with E-state index < -0.39 is 0 Å². The molecule has 1 saturated heterocycles. The van der Waals surface area contributed by atoms with Crippen LogP contribution in [0.15, 0.2) is 24.4 Å². The van der Waals surface area contributed by atoms with Gasteiger partial charge < -0.3 is 9.47 Å². The molecule has 2 aromatic rings. The highest BCUT2D eigenvalue weighted by atomic mass is 32.2. The molecule has 1 aliphatic rings. The van der Waals surface area contributed by atoms with E-state index in [1.54, 1.807) is 37.1 Å². The maximum Gasteiger partial charge on any atom is 0.240 e. The molecule has 2 heterocycles. The third kappa shape index (κ3) is 2.66. The minimum atomic E-state index is -0.0853. The van der Waals surface area contributed by atoms with Gasteiger partial charge in [-0.15, -0.1) is 23.1 Å². The van der Waals surface area contributed by atoms with Crippen molar-refractivity contribution in [1.82, 2.24) is 4.98 Å². The lowest BCUT2D eigenvalue weighted by Gasteiger charge is -2.22. The minimum absolute atomic E-state index is 0.0825. The smallest absolute Gasteiger partial charge is 0.240 e. The summed E-state index contributed by atoms with van der Waals surface area (Å²) in [5, 5.41) is 0.658. The van der Waals surface area contributed by atoms with Gasteiger partial charge in [0, 0.05) is 11.1 Å². The Bertz CT molecular complexity index is 702. The van der Waals surface area contributed by atoms with Crippen LogP contribution in [-0.2, 0) is 4.79 Å². The number of aromatic nitrogens is 1. The Kier molecular flexibility index (Phi) is 4.26. The number of rotatable bonds is 4. The van der Waals surface area contributed by atoms with Crippen LogP contribution in [0.5, 0.6) is 11.5 Å². The highest BCUT2D eigenvalue weighted by Gasteiger charge is 2.36. The van der Waals surface area contributed by atoms with E-state index in [9.17, 15) is 4.79 Å². The van der Waals surface area contributed by atoms with Crippen LogP contribution in [0.2, 0.25) is 0 Å². The summed E-state index contributed by atoms with van der Waals surface area (Å²) in [6.45, 7) is 1.99. The van der Waals surface area contributed by atoms with E-state index >= 15 is 0 Å². The topological polar surface area (TPSA) is 51.7 Å². The summed E-state index contributed by atoms with van der Waals surface area (Å²) in [7, 11) is 3.21. The third-order valence-corrected chi connectivity index (χ3v) is 5.50. The number of ether oxygens (including phenoxy) is 2. The van der Waals surface area contributed by atoms with Crippen molar-refractivity contribution in [3.63, 3.8) is 0 Å². The Balaban J connectivity index is 1.97. The number of hydrogen-bond acceptors (Lipinski definition) is 6. The maximum absolute atomic E-state index is 12.3. The molecule has 0 saturated carbocycles. The zero-order valence-electron chi connectivity index (χ0n) is 12.5. The predicted octanol–water partition coefficient (Wildman–Crippen LogP) is 3.25. The second kappa shape index (κ2) is 6.18. The van der Waals surface area contributed by atoms with Gasteiger partial charge in [-0.2, -0.15) is 0 Å². The summed E-state index contributed by atoms with van der Waals surface area (Å²) >= 11 is 3.12. The van der Waals surface area contributed by atoms with Gasteiger partial charge in [-0.05, 0) is 24.6 Å². The Labute approximate surface area is 137 Å². The van der Waals surface area contributed by atoms with Crippen molar-refractivity contribution in [2.45, 2.75) is 12.3 Å². The highest BCUT2D eigenvalue weighted by Crippen LogP contribution is 2.44. The molecule has 1 aromatic heterocycles. The molecule has 1 aliphatic heterocycles. The van der Waals surface area contributed by atoms with Gasteiger partial charge in [0.25, 0.3) is 0 Å². The fraction of sp³-hybridized carbons (Fsp3) is 0.333. The summed E-state index contributed by atoms with van der Waals surface area (Å²) in [5.74, 6) is 1.88. The van der Waals surface area contributed by atoms with Crippen LogP contribution in [0, 0.1) is 6.92 Å². The molecule has 0 spiro atoms. The summed E-state index contributed by atoms with van der Waals surface area (Å²) in [6, 6.07) is 5.75. The van der Waals surface area contributed by atoms with Crippen molar-refractivity contribution in [2.24, 2.45) is 0 Å². The van der Waals surface area contributed by atoms with E-state index in [4.69, 9.17) is 9.47 Å². The predicted molar refractivity (Wildman–Crippen MR) is 89.1 cm³/mol. The number of methoxy groups -OCH3 is 2. The van der Waals surface area contributed by atoms with Gasteiger partial charge in [0.2, 0.25) is 5.91 Å². The van der Waals surface area contributed by atoms with E-state index in [-0.39, 0.29) is 11.3 Å². The summed E-state index contributed by atoms with van der Waals surface area (Å²) in [5.41, 5.74) is 1.00. The molecular weight excluding hydrogens is 320 g/mol. The highest BCUT2D eigenvalue weighted by molar-refractivity contribution is 8.00. The lowest BCUT2D eigenvalue weighted by Crippen LogP contribution is -2.27. The van der Waals surface area contributed by atoms with Gasteiger partial charge in [0.05, 0.1) is 20.0 Å². The van der Waals surface area contributed by atoms with Gasteiger partial charge in [-0.1, -0.05) is 6.07 Å². The first-order chi connectivity index (χ1) is 10.6. The summed E-state index contributed by atoms with van der Waals surface area (Å²) < 4.78 is 10.6. The number of anilines is 1. The molecule has 1 unspecified atom stereocenters. The molecule has 1 fully saturated rings. The van der Waals surface area contributed by atoms with Gasteiger partial charge in [-0.3, -0.25) is 9.69 Å². The fourth-order valence-electron chi connectivity index (χ4n) is 2.34. The number of thioether (sulfide) groups is 1. The van der Waals surface area contributed by atoms with E-state index in [0.29, 0.717) is 17.3 Å². The molecule has 0 aliphatic carbocycles. The number of carbonyl (C=O) groups excluding carboxylic acids is 1. The average Bonchev–Trinajstić information content (AvgIpc) is 3.12. The van der Waals surface area contributed by atoms with Crippen molar-refractivity contribution >= 4 is 34.1 Å². The van der Waals surface area contributed by atoms with Crippen LogP contribution in [0.25, 0.3) is 0 Å². The molecule has 3 rings (SSSR count). The maximum atomic E-state index is 12.3. The van der Waals surface area contributed by atoms with E-state index in [0.717, 1.165) is 15.6 Å². The first-order valence-corrected chi connectivity index (χ1v) is 8.58. The van der Waals surface area contributed by atoms with Crippen molar-refractivity contribution in [2.75, 3.05) is 24.9 Å². The van der Waals surface area contributed by atoms with Gasteiger partial charge in [0.1, 0.15) is 5.37 Å². The number of thiazole rings is 1. The summed E-state index contributed by atoms with van der Waals surface area (Å²) in [4.78, 5) is 19.5. The Hall–Kier alpha value is -1.73. The monoisotopic (exact) mass is 336 g/mol. The second-order valence-electron chi connectivity index (χ2n) is 4.80. The fourth-order valence-corrected chi connectivity index (χ4v) is 4.35. The lowest BCUT2D eigenvalue weighted by atomic mass is 10.2. The normalized spacial score (nSPS) is 17.9. The molecule has 1 aromatic carbocycles. The van der Waals surface area contributed by atoms with Crippen LogP contribution in [0.3, 0.4) is 0 Å². The van der Waals surface area contributed by atoms with E-state index in [1.165, 1.54) is 11.3 Å². The number of carbonyl (C=O) groups is 1. The Morgan fingerprint density at radius 2 is 2.05 bits per heavy atom. The molecule has 116 valence electrons. The Morgan fingerprint density at radius 1 is 1.27 bits per heavy atom. The first kappa shape index (κ1) is 15.2. The third-order valence-electron chi connectivity index (χ3n) is 3.38. The van der Waals surface area contributed by atoms with Crippen molar-refractivity contribution in [1.29, 1.82) is 0 Å². The zero-order chi connectivity index (χ0) is 15.7. The molecule has 0 bridgehead atoms. The van der Waals surface area contributed by atoms with Crippen LogP contribution < -0.4 is 14.4 Å². The number of hydrogen-bond donors (Lipinski definition) is 0. The Morgan fingerprint density at radius 3 is 2.68 bits per heavy atom. The van der Waals surface area contributed by atoms with E-state index in [2.05, 4.69) is 4.98 Å². The zero-order valence-corrected chi connectivity index (χ0v) is 14.2. The van der Waals surface area contributed by atoms with Crippen LogP contribution in [0.4, 0.5) is 5.13 Å². The van der Waals surface area contributed by atoms with Crippen LogP contribution >= 0.6 is 23.1 Å². The van der Waals surface area contributed by atoms with Crippen LogP contribution in [0.1, 0.15) is 15.8 Å². The molecule has 0 radical (unpaired) electrons. The molecule has 1 atom stereocenters. The number of amides is 1. The van der Waals surface area contributed by atoms with Gasteiger partial charge >= 0.3 is 0 Å². The molecular formula is C15H16N2O3S2. The van der Waals surface area contributed by atoms with Gasteiger partial charge in [-0.25, -0.2) is 4.98 Å². The average molecular weight is 336 g/mol. The van der Waals surface area contributed by atoms with Crippen molar-refractivity contribution < 1.29 is 14.3 Å². The molecule has 22 heavy (non-hydrogen) atoms. The molecule has 0 N–H and O–H groups in total. The minimum Gasteiger partial charge on any atom is -0.493 e. The second-order valence-corrected chi connectivity index (χ2v) is 7.08. The standard InChI is InChI=1S/C15H16N2O3S2/c1-9-7-16-15(22-9)17-13(18)8-21-14(17)10-4-5-11(19-2)12(6-10)20-3/h4-7,14H,8H2,1-3H3. The lowest BCUT2D eigenvalue weighted by molar-refractivity contribution is -0.115. The van der Waals surface area contributed by atoms with Crippen molar-refractivity contribution in [3.05, 3.63) is 34.8 Å². The molecule has 7 heteroatoms. The number of benzene rings is 1. The van der Waals surface area contributed by atoms with Crippen molar-refractivity contribution in [3.8, 4) is 11.5 Å². The molecule has 5 nitrogen and oxygen atoms in total. The van der Waals surface area contributed by atoms with Crippen LogP contribution in [-0.4, -0.2) is 30.9 Å².